The third-order valence-corrected chi connectivity index (χ3v) is 4.49. The average Bonchev–Trinajstić information content (AvgIpc) is 2.67. The van der Waals surface area contributed by atoms with Crippen LogP contribution in [0.2, 0.25) is 0 Å². The van der Waals surface area contributed by atoms with Gasteiger partial charge in [-0.3, -0.25) is 0 Å². The molecule has 0 fully saturated rings. The van der Waals surface area contributed by atoms with Gasteiger partial charge in [-0.05, 0) is 58.4 Å². The van der Waals surface area contributed by atoms with Crippen molar-refractivity contribution in [3.63, 3.8) is 0 Å². The van der Waals surface area contributed by atoms with Crippen molar-refractivity contribution in [3.8, 4) is 0 Å². The molecule has 2 rings (SSSR count). The van der Waals surface area contributed by atoms with Gasteiger partial charge in [0, 0.05) is 11.1 Å². The number of hydrogen-bond acceptors (Lipinski definition) is 3. The van der Waals surface area contributed by atoms with Gasteiger partial charge in [-0.25, -0.2) is 4.98 Å². The van der Waals surface area contributed by atoms with E-state index in [0.717, 1.165) is 16.8 Å². The van der Waals surface area contributed by atoms with E-state index in [1.54, 1.807) is 11.3 Å². The summed E-state index contributed by atoms with van der Waals surface area (Å²) in [5.74, 6) is 0.910. The molecule has 0 amide bonds. The number of halogens is 1. The minimum absolute atomic E-state index is 0.832. The Morgan fingerprint density at radius 3 is 2.81 bits per heavy atom. The van der Waals surface area contributed by atoms with E-state index < -0.39 is 0 Å². The molecule has 2 nitrogen and oxygen atoms in total. The van der Waals surface area contributed by atoms with E-state index >= 15 is 0 Å². The highest BCUT2D eigenvalue weighted by Gasteiger charge is 2.05. The first-order valence-electron chi connectivity index (χ1n) is 5.06. The Bertz CT molecular complexity index is 494. The molecule has 16 heavy (non-hydrogen) atoms. The maximum absolute atomic E-state index is 4.31. The standard InChI is InChI=1S/C12H13BrN2S/c1-8-4-6-16-10(8)7-15-12-11(13)9(2)3-5-14-12/h3-6H,7H2,1-2H3,(H,14,15). The predicted molar refractivity (Wildman–Crippen MR) is 73.1 cm³/mol. The zero-order chi connectivity index (χ0) is 11.5. The zero-order valence-electron chi connectivity index (χ0n) is 9.25. The summed E-state index contributed by atoms with van der Waals surface area (Å²) in [6.45, 7) is 5.03. The molecule has 2 aromatic heterocycles. The van der Waals surface area contributed by atoms with Gasteiger partial charge in [0.25, 0.3) is 0 Å². The fourth-order valence-corrected chi connectivity index (χ4v) is 2.63. The van der Waals surface area contributed by atoms with Crippen LogP contribution in [0.5, 0.6) is 0 Å². The summed E-state index contributed by atoms with van der Waals surface area (Å²) in [6.07, 6.45) is 1.82. The molecule has 0 spiro atoms. The first-order chi connectivity index (χ1) is 7.68. The van der Waals surface area contributed by atoms with E-state index in [1.165, 1.54) is 16.0 Å². The molecule has 2 aromatic rings. The molecule has 0 aliphatic carbocycles. The second-order valence-corrected chi connectivity index (χ2v) is 5.46. The van der Waals surface area contributed by atoms with Gasteiger partial charge in [-0.15, -0.1) is 11.3 Å². The Morgan fingerprint density at radius 2 is 2.12 bits per heavy atom. The summed E-state index contributed by atoms with van der Waals surface area (Å²) in [6, 6.07) is 4.13. The highest BCUT2D eigenvalue weighted by atomic mass is 79.9. The van der Waals surface area contributed by atoms with Crippen molar-refractivity contribution < 1.29 is 0 Å². The molecule has 0 unspecified atom stereocenters. The lowest BCUT2D eigenvalue weighted by Gasteiger charge is -2.08. The summed E-state index contributed by atoms with van der Waals surface area (Å²) < 4.78 is 1.05. The van der Waals surface area contributed by atoms with Crippen LogP contribution in [-0.4, -0.2) is 4.98 Å². The van der Waals surface area contributed by atoms with E-state index in [1.807, 2.05) is 12.3 Å². The minimum Gasteiger partial charge on any atom is -0.364 e. The van der Waals surface area contributed by atoms with E-state index in [-0.39, 0.29) is 0 Å². The maximum atomic E-state index is 4.31. The van der Waals surface area contributed by atoms with Gasteiger partial charge in [0.05, 0.1) is 11.0 Å². The largest absolute Gasteiger partial charge is 0.364 e. The fourth-order valence-electron chi connectivity index (χ4n) is 1.41. The lowest BCUT2D eigenvalue weighted by molar-refractivity contribution is 1.11. The predicted octanol–water partition coefficient (Wildman–Crippen LogP) is 4.13. The van der Waals surface area contributed by atoms with Crippen LogP contribution in [0.25, 0.3) is 0 Å². The third kappa shape index (κ3) is 2.44. The van der Waals surface area contributed by atoms with Crippen LogP contribution < -0.4 is 5.32 Å². The monoisotopic (exact) mass is 296 g/mol. The quantitative estimate of drug-likeness (QED) is 0.921. The molecule has 0 saturated heterocycles. The van der Waals surface area contributed by atoms with Crippen LogP contribution in [0, 0.1) is 13.8 Å². The summed E-state index contributed by atoms with van der Waals surface area (Å²) >= 11 is 5.31. The number of nitrogens with zero attached hydrogens (tertiary/aromatic N) is 1. The number of aryl methyl sites for hydroxylation is 2. The second-order valence-electron chi connectivity index (χ2n) is 3.67. The fraction of sp³-hybridized carbons (Fsp3) is 0.250. The van der Waals surface area contributed by atoms with E-state index in [2.05, 4.69) is 51.5 Å². The van der Waals surface area contributed by atoms with Gasteiger partial charge < -0.3 is 5.32 Å². The third-order valence-electron chi connectivity index (χ3n) is 2.47. The summed E-state index contributed by atoms with van der Waals surface area (Å²) in [4.78, 5) is 5.67. The second kappa shape index (κ2) is 4.97. The van der Waals surface area contributed by atoms with E-state index in [9.17, 15) is 0 Å². The Morgan fingerprint density at radius 1 is 1.31 bits per heavy atom. The lowest BCUT2D eigenvalue weighted by atomic mass is 10.3. The van der Waals surface area contributed by atoms with Crippen molar-refractivity contribution in [1.29, 1.82) is 0 Å². The van der Waals surface area contributed by atoms with Crippen LogP contribution in [0.15, 0.2) is 28.2 Å². The van der Waals surface area contributed by atoms with Gasteiger partial charge in [-0.1, -0.05) is 0 Å². The molecule has 0 aliphatic heterocycles. The zero-order valence-corrected chi connectivity index (χ0v) is 11.7. The van der Waals surface area contributed by atoms with Crippen molar-refractivity contribution >= 4 is 33.1 Å². The maximum Gasteiger partial charge on any atom is 0.140 e. The van der Waals surface area contributed by atoms with Crippen LogP contribution in [0.4, 0.5) is 5.82 Å². The molecule has 0 bridgehead atoms. The molecular weight excluding hydrogens is 284 g/mol. The number of thiophene rings is 1. The van der Waals surface area contributed by atoms with Gasteiger partial charge >= 0.3 is 0 Å². The van der Waals surface area contributed by atoms with Crippen molar-refractivity contribution in [2.75, 3.05) is 5.32 Å². The molecule has 0 saturated carbocycles. The number of hydrogen-bond donors (Lipinski definition) is 1. The Hall–Kier alpha value is -0.870. The van der Waals surface area contributed by atoms with Crippen LogP contribution in [0.1, 0.15) is 16.0 Å². The van der Waals surface area contributed by atoms with Crippen molar-refractivity contribution in [3.05, 3.63) is 44.2 Å². The van der Waals surface area contributed by atoms with E-state index in [4.69, 9.17) is 0 Å². The molecule has 4 heteroatoms. The van der Waals surface area contributed by atoms with Crippen molar-refractivity contribution in [2.24, 2.45) is 0 Å². The Balaban J connectivity index is 2.11. The molecule has 2 heterocycles. The molecule has 1 N–H and O–H groups in total. The first-order valence-corrected chi connectivity index (χ1v) is 6.73. The summed E-state index contributed by atoms with van der Waals surface area (Å²) in [5, 5.41) is 5.47. The number of rotatable bonds is 3. The summed E-state index contributed by atoms with van der Waals surface area (Å²) in [5.41, 5.74) is 2.53. The molecular formula is C12H13BrN2S. The smallest absolute Gasteiger partial charge is 0.140 e. The number of aromatic nitrogens is 1. The first kappa shape index (κ1) is 11.6. The van der Waals surface area contributed by atoms with Gasteiger partial charge in [0.1, 0.15) is 5.82 Å². The summed E-state index contributed by atoms with van der Waals surface area (Å²) in [7, 11) is 0. The van der Waals surface area contributed by atoms with Crippen molar-refractivity contribution in [1.82, 2.24) is 4.98 Å². The van der Waals surface area contributed by atoms with Crippen LogP contribution in [0.3, 0.4) is 0 Å². The highest BCUT2D eigenvalue weighted by molar-refractivity contribution is 9.10. The SMILES string of the molecule is Cc1ccsc1CNc1nccc(C)c1Br. The highest BCUT2D eigenvalue weighted by Crippen LogP contribution is 2.24. The normalized spacial score (nSPS) is 10.4. The van der Waals surface area contributed by atoms with Crippen LogP contribution >= 0.6 is 27.3 Å². The van der Waals surface area contributed by atoms with Gasteiger partial charge in [0.15, 0.2) is 0 Å². The Labute approximate surface area is 108 Å². The van der Waals surface area contributed by atoms with E-state index in [0.29, 0.717) is 0 Å². The number of anilines is 1. The van der Waals surface area contributed by atoms with Crippen LogP contribution in [-0.2, 0) is 6.54 Å². The molecule has 0 atom stereocenters. The minimum atomic E-state index is 0.832. The molecule has 0 aromatic carbocycles. The number of nitrogens with one attached hydrogen (secondary N) is 1. The molecule has 84 valence electrons. The van der Waals surface area contributed by atoms with Gasteiger partial charge in [-0.2, -0.15) is 0 Å². The Kier molecular flexibility index (Phi) is 3.61. The molecule has 0 radical (unpaired) electrons. The lowest BCUT2D eigenvalue weighted by Crippen LogP contribution is -2.02. The van der Waals surface area contributed by atoms with Gasteiger partial charge in [0.2, 0.25) is 0 Å². The topological polar surface area (TPSA) is 24.9 Å². The number of pyridine rings is 1. The average molecular weight is 297 g/mol. The molecule has 0 aliphatic rings. The van der Waals surface area contributed by atoms with Crippen molar-refractivity contribution in [2.45, 2.75) is 20.4 Å².